The minimum Gasteiger partial charge on any atom is -0.403 e. The van der Waals surface area contributed by atoms with Crippen molar-refractivity contribution in [1.82, 2.24) is 4.98 Å². The molecule has 0 spiro atoms. The lowest BCUT2D eigenvalue weighted by atomic mass is 10.1. The third kappa shape index (κ3) is 2.61. The molecule has 5 nitrogen and oxygen atoms in total. The van der Waals surface area contributed by atoms with Gasteiger partial charge in [-0.05, 0) is 0 Å². The predicted molar refractivity (Wildman–Crippen MR) is 45.1 cm³/mol. The molecule has 84 valence electrons. The Bertz CT molecular complexity index is 574. The normalized spacial score (nSPS) is 9.88. The minimum absolute atomic E-state index is 0.432. The fraction of sp³-hybridized carbons (Fsp3) is 0.111. The summed E-state index contributed by atoms with van der Waals surface area (Å²) in [5.41, 5.74) is -1.65. The maximum absolute atomic E-state index is 12.0. The highest BCUT2D eigenvalue weighted by atomic mass is 19.4. The first-order valence-corrected chi connectivity index (χ1v) is 3.92. The van der Waals surface area contributed by atoms with Gasteiger partial charge in [0.1, 0.15) is 29.3 Å². The first-order valence-electron chi connectivity index (χ1n) is 3.92. The summed E-state index contributed by atoms with van der Waals surface area (Å²) in [5.74, 6) is -0.907. The summed E-state index contributed by atoms with van der Waals surface area (Å²) in [7, 11) is 0. The molecule has 0 unspecified atom stereocenters. The molecule has 0 fully saturated rings. The third-order valence-electron chi connectivity index (χ3n) is 1.60. The molecule has 0 aliphatic carbocycles. The number of aromatic nitrogens is 1. The van der Waals surface area contributed by atoms with Gasteiger partial charge in [-0.15, -0.1) is 13.2 Å². The van der Waals surface area contributed by atoms with Crippen LogP contribution in [0.2, 0.25) is 0 Å². The lowest BCUT2D eigenvalue weighted by Crippen LogP contribution is -2.18. The van der Waals surface area contributed by atoms with Gasteiger partial charge >= 0.3 is 6.36 Å². The van der Waals surface area contributed by atoms with Crippen LogP contribution >= 0.6 is 0 Å². The Morgan fingerprint density at radius 2 is 1.65 bits per heavy atom. The van der Waals surface area contributed by atoms with E-state index in [1.807, 2.05) is 0 Å². The van der Waals surface area contributed by atoms with E-state index in [1.165, 1.54) is 18.2 Å². The van der Waals surface area contributed by atoms with E-state index in [0.29, 0.717) is 6.20 Å². The largest absolute Gasteiger partial charge is 0.573 e. The van der Waals surface area contributed by atoms with E-state index < -0.39 is 28.9 Å². The summed E-state index contributed by atoms with van der Waals surface area (Å²) in [5, 5.41) is 25.9. The van der Waals surface area contributed by atoms with Crippen molar-refractivity contribution in [2.45, 2.75) is 6.36 Å². The maximum Gasteiger partial charge on any atom is 0.573 e. The molecule has 0 N–H and O–H groups in total. The molecule has 0 saturated carbocycles. The van der Waals surface area contributed by atoms with E-state index in [1.54, 1.807) is 0 Å². The van der Waals surface area contributed by atoms with E-state index >= 15 is 0 Å². The number of nitriles is 3. The van der Waals surface area contributed by atoms with Gasteiger partial charge in [0.25, 0.3) is 0 Å². The van der Waals surface area contributed by atoms with E-state index in [-0.39, 0.29) is 0 Å². The number of rotatable bonds is 1. The van der Waals surface area contributed by atoms with Gasteiger partial charge < -0.3 is 4.74 Å². The van der Waals surface area contributed by atoms with Crippen molar-refractivity contribution in [3.63, 3.8) is 0 Å². The molecular weight excluding hydrogens is 237 g/mol. The van der Waals surface area contributed by atoms with Crippen LogP contribution in [0.3, 0.4) is 0 Å². The van der Waals surface area contributed by atoms with Crippen molar-refractivity contribution in [2.75, 3.05) is 0 Å². The maximum atomic E-state index is 12.0. The second-order valence-corrected chi connectivity index (χ2v) is 2.60. The first kappa shape index (κ1) is 12.3. The fourth-order valence-corrected chi connectivity index (χ4v) is 1.00. The van der Waals surface area contributed by atoms with Crippen LogP contribution in [0, 0.1) is 34.0 Å². The van der Waals surface area contributed by atoms with Crippen molar-refractivity contribution < 1.29 is 17.9 Å². The van der Waals surface area contributed by atoms with Gasteiger partial charge in [-0.25, -0.2) is 4.98 Å². The lowest BCUT2D eigenvalue weighted by molar-refractivity contribution is -0.274. The SMILES string of the molecule is N#Cc1ncc(OC(F)(F)F)c(C#N)c1C#N. The lowest BCUT2D eigenvalue weighted by Gasteiger charge is -2.10. The van der Waals surface area contributed by atoms with E-state index in [9.17, 15) is 13.2 Å². The van der Waals surface area contributed by atoms with Gasteiger partial charge in [0, 0.05) is 0 Å². The van der Waals surface area contributed by atoms with Crippen molar-refractivity contribution in [3.05, 3.63) is 23.0 Å². The van der Waals surface area contributed by atoms with Crippen molar-refractivity contribution >= 4 is 0 Å². The van der Waals surface area contributed by atoms with E-state index in [0.717, 1.165) is 0 Å². The summed E-state index contributed by atoms with van der Waals surface area (Å²) in [6.07, 6.45) is -4.43. The van der Waals surface area contributed by atoms with Gasteiger partial charge in [-0.2, -0.15) is 15.8 Å². The Kier molecular flexibility index (Phi) is 3.16. The molecular formula is C9HF3N4O. The average Bonchev–Trinajstić information content (AvgIpc) is 2.26. The zero-order chi connectivity index (χ0) is 13.1. The van der Waals surface area contributed by atoms with Crippen LogP contribution in [0.1, 0.15) is 16.8 Å². The topological polar surface area (TPSA) is 93.5 Å². The van der Waals surface area contributed by atoms with E-state index in [4.69, 9.17) is 15.8 Å². The number of ether oxygens (including phenoxy) is 1. The van der Waals surface area contributed by atoms with Crippen LogP contribution in [0.4, 0.5) is 13.2 Å². The van der Waals surface area contributed by atoms with Crippen molar-refractivity contribution in [1.29, 1.82) is 15.8 Å². The molecule has 0 saturated heterocycles. The Hall–Kier alpha value is -2.79. The molecule has 0 aliphatic rings. The first-order chi connectivity index (χ1) is 7.92. The quantitative estimate of drug-likeness (QED) is 0.740. The Morgan fingerprint density at radius 3 is 2.06 bits per heavy atom. The Balaban J connectivity index is 3.43. The van der Waals surface area contributed by atoms with Gasteiger partial charge in [0.15, 0.2) is 11.4 Å². The highest BCUT2D eigenvalue weighted by Gasteiger charge is 2.33. The van der Waals surface area contributed by atoms with Crippen LogP contribution < -0.4 is 4.74 Å². The molecule has 0 radical (unpaired) electrons. The monoisotopic (exact) mass is 238 g/mol. The van der Waals surface area contributed by atoms with Gasteiger partial charge in [-0.3, -0.25) is 0 Å². The zero-order valence-electron chi connectivity index (χ0n) is 7.91. The molecule has 17 heavy (non-hydrogen) atoms. The molecule has 1 heterocycles. The Labute approximate surface area is 92.9 Å². The number of hydrogen-bond donors (Lipinski definition) is 0. The highest BCUT2D eigenvalue weighted by molar-refractivity contribution is 5.57. The highest BCUT2D eigenvalue weighted by Crippen LogP contribution is 2.28. The zero-order valence-corrected chi connectivity index (χ0v) is 7.91. The fourth-order valence-electron chi connectivity index (χ4n) is 1.00. The molecule has 0 aliphatic heterocycles. The smallest absolute Gasteiger partial charge is 0.403 e. The molecule has 0 amide bonds. The molecule has 8 heteroatoms. The van der Waals surface area contributed by atoms with Gasteiger partial charge in [0.2, 0.25) is 0 Å². The average molecular weight is 238 g/mol. The summed E-state index contributed by atoms with van der Waals surface area (Å²) in [4.78, 5) is 3.30. The second-order valence-electron chi connectivity index (χ2n) is 2.60. The number of halogens is 3. The van der Waals surface area contributed by atoms with Crippen LogP contribution in [-0.2, 0) is 0 Å². The second kappa shape index (κ2) is 4.38. The van der Waals surface area contributed by atoms with Crippen LogP contribution in [-0.4, -0.2) is 11.3 Å². The molecule has 0 bridgehead atoms. The van der Waals surface area contributed by atoms with Crippen molar-refractivity contribution in [3.8, 4) is 24.0 Å². The minimum atomic E-state index is -5.01. The van der Waals surface area contributed by atoms with Crippen LogP contribution in [0.5, 0.6) is 5.75 Å². The molecule has 1 aromatic rings. The predicted octanol–water partition coefficient (Wildman–Crippen LogP) is 1.60. The number of pyridine rings is 1. The summed E-state index contributed by atoms with van der Waals surface area (Å²) < 4.78 is 39.4. The van der Waals surface area contributed by atoms with Crippen LogP contribution in [0.15, 0.2) is 6.20 Å². The molecule has 1 rings (SSSR count). The molecule has 1 aromatic heterocycles. The number of alkyl halides is 3. The molecule has 0 atom stereocenters. The third-order valence-corrected chi connectivity index (χ3v) is 1.60. The van der Waals surface area contributed by atoms with Crippen molar-refractivity contribution in [2.24, 2.45) is 0 Å². The van der Waals surface area contributed by atoms with E-state index in [2.05, 4.69) is 9.72 Å². The number of hydrogen-bond acceptors (Lipinski definition) is 5. The standard InChI is InChI=1S/C9HF3N4O/c10-9(11,12)17-8-4-16-7(3-15)5(1-13)6(8)2-14/h4H. The Morgan fingerprint density at radius 1 is 1.06 bits per heavy atom. The summed E-state index contributed by atoms with van der Waals surface area (Å²) >= 11 is 0. The van der Waals surface area contributed by atoms with Crippen LogP contribution in [0.25, 0.3) is 0 Å². The summed E-state index contributed by atoms with van der Waals surface area (Å²) in [6.45, 7) is 0. The number of nitrogens with zero attached hydrogens (tertiary/aromatic N) is 4. The van der Waals surface area contributed by atoms with Gasteiger partial charge in [0.05, 0.1) is 6.20 Å². The van der Waals surface area contributed by atoms with Gasteiger partial charge in [-0.1, -0.05) is 0 Å². The summed E-state index contributed by atoms with van der Waals surface area (Å²) in [6, 6.07) is 4.30. The molecule has 0 aromatic carbocycles.